The summed E-state index contributed by atoms with van der Waals surface area (Å²) >= 11 is 0. The van der Waals surface area contributed by atoms with Crippen molar-refractivity contribution in [3.8, 4) is 0 Å². The summed E-state index contributed by atoms with van der Waals surface area (Å²) in [7, 11) is 0. The minimum atomic E-state index is -0.177. The number of halogens is 1. The number of rotatable bonds is 2. The van der Waals surface area contributed by atoms with Crippen LogP contribution in [-0.4, -0.2) is 24.0 Å². The predicted molar refractivity (Wildman–Crippen MR) is 49.7 cm³/mol. The van der Waals surface area contributed by atoms with Crippen molar-refractivity contribution in [2.75, 3.05) is 13.1 Å². The lowest BCUT2D eigenvalue weighted by Gasteiger charge is -2.36. The van der Waals surface area contributed by atoms with E-state index in [1.54, 1.807) is 0 Å². The van der Waals surface area contributed by atoms with Crippen molar-refractivity contribution < 1.29 is 4.39 Å². The minimum absolute atomic E-state index is 0.177. The van der Waals surface area contributed by atoms with E-state index >= 15 is 0 Å². The monoisotopic (exact) mass is 180 g/mol. The Morgan fingerprint density at radius 2 is 1.92 bits per heavy atom. The molecule has 1 aromatic carbocycles. The molecule has 0 atom stereocenters. The van der Waals surface area contributed by atoms with Crippen LogP contribution in [0.5, 0.6) is 0 Å². The molecule has 0 saturated carbocycles. The van der Waals surface area contributed by atoms with E-state index < -0.39 is 0 Å². The van der Waals surface area contributed by atoms with E-state index in [0.717, 1.165) is 25.2 Å². The fraction of sp³-hybridized carbons (Fsp3) is 0.400. The number of likely N-dealkylation sites (tertiary alicyclic amines) is 1. The maximum atomic E-state index is 12.5. The van der Waals surface area contributed by atoms with Gasteiger partial charge in [0.05, 0.1) is 0 Å². The summed E-state index contributed by atoms with van der Waals surface area (Å²) in [6.07, 6.45) is 0. The molecule has 1 fully saturated rings. The predicted octanol–water partition coefficient (Wildman–Crippen LogP) is 0.969. The zero-order valence-corrected chi connectivity index (χ0v) is 7.41. The van der Waals surface area contributed by atoms with Gasteiger partial charge >= 0.3 is 0 Å². The molecule has 2 N–H and O–H groups in total. The summed E-state index contributed by atoms with van der Waals surface area (Å²) in [6, 6.07) is 6.96. The Labute approximate surface area is 77.2 Å². The average molecular weight is 180 g/mol. The van der Waals surface area contributed by atoms with Crippen molar-refractivity contribution in [3.63, 3.8) is 0 Å². The van der Waals surface area contributed by atoms with Crippen LogP contribution in [0, 0.1) is 5.82 Å². The second-order valence-corrected chi connectivity index (χ2v) is 3.58. The summed E-state index contributed by atoms with van der Waals surface area (Å²) in [5, 5.41) is 0. The normalized spacial score (nSPS) is 18.6. The van der Waals surface area contributed by atoms with Gasteiger partial charge < -0.3 is 5.73 Å². The van der Waals surface area contributed by atoms with Crippen molar-refractivity contribution in [3.05, 3.63) is 35.6 Å². The highest BCUT2D eigenvalue weighted by atomic mass is 19.1. The Morgan fingerprint density at radius 3 is 2.46 bits per heavy atom. The van der Waals surface area contributed by atoms with Crippen LogP contribution in [0.2, 0.25) is 0 Å². The van der Waals surface area contributed by atoms with E-state index in [9.17, 15) is 4.39 Å². The SMILES string of the molecule is NC1CN(Cc2ccc(F)cc2)C1. The lowest BCUT2D eigenvalue weighted by atomic mass is 10.1. The zero-order valence-electron chi connectivity index (χ0n) is 7.41. The molecule has 1 heterocycles. The van der Waals surface area contributed by atoms with Gasteiger partial charge in [0, 0.05) is 25.7 Å². The van der Waals surface area contributed by atoms with Crippen molar-refractivity contribution in [1.82, 2.24) is 4.90 Å². The van der Waals surface area contributed by atoms with Crippen LogP contribution >= 0.6 is 0 Å². The van der Waals surface area contributed by atoms with Gasteiger partial charge in [0.15, 0.2) is 0 Å². The molecular formula is C10H13FN2. The van der Waals surface area contributed by atoms with E-state index in [-0.39, 0.29) is 5.82 Å². The third kappa shape index (κ3) is 2.05. The number of benzene rings is 1. The van der Waals surface area contributed by atoms with Gasteiger partial charge in [-0.25, -0.2) is 4.39 Å². The second kappa shape index (κ2) is 3.44. The molecular weight excluding hydrogens is 167 g/mol. The number of hydrogen-bond acceptors (Lipinski definition) is 2. The molecule has 0 aliphatic carbocycles. The summed E-state index contributed by atoms with van der Waals surface area (Å²) in [6.45, 7) is 2.79. The fourth-order valence-corrected chi connectivity index (χ4v) is 1.59. The van der Waals surface area contributed by atoms with E-state index in [1.165, 1.54) is 12.1 Å². The molecule has 1 aliphatic heterocycles. The van der Waals surface area contributed by atoms with Crippen LogP contribution in [0.3, 0.4) is 0 Å². The summed E-state index contributed by atoms with van der Waals surface area (Å²) in [5.74, 6) is -0.177. The molecule has 2 nitrogen and oxygen atoms in total. The Balaban J connectivity index is 1.91. The highest BCUT2D eigenvalue weighted by molar-refractivity contribution is 5.16. The average Bonchev–Trinajstić information content (AvgIpc) is 2.06. The molecule has 13 heavy (non-hydrogen) atoms. The van der Waals surface area contributed by atoms with Crippen LogP contribution in [0.1, 0.15) is 5.56 Å². The molecule has 1 aliphatic rings. The van der Waals surface area contributed by atoms with Crippen LogP contribution < -0.4 is 5.73 Å². The zero-order chi connectivity index (χ0) is 9.26. The van der Waals surface area contributed by atoms with Gasteiger partial charge in [0.25, 0.3) is 0 Å². The van der Waals surface area contributed by atoms with E-state index in [2.05, 4.69) is 4.90 Å². The van der Waals surface area contributed by atoms with Gasteiger partial charge in [-0.1, -0.05) is 12.1 Å². The van der Waals surface area contributed by atoms with Crippen molar-refractivity contribution in [1.29, 1.82) is 0 Å². The largest absolute Gasteiger partial charge is 0.325 e. The van der Waals surface area contributed by atoms with Gasteiger partial charge in [-0.2, -0.15) is 0 Å². The van der Waals surface area contributed by atoms with Crippen LogP contribution in [0.25, 0.3) is 0 Å². The van der Waals surface area contributed by atoms with Gasteiger partial charge in [0.1, 0.15) is 5.82 Å². The Bertz CT molecular complexity index is 277. The van der Waals surface area contributed by atoms with Gasteiger partial charge in [-0.15, -0.1) is 0 Å². The van der Waals surface area contributed by atoms with Gasteiger partial charge in [-0.3, -0.25) is 4.90 Å². The third-order valence-corrected chi connectivity index (χ3v) is 2.30. The molecule has 0 aromatic heterocycles. The van der Waals surface area contributed by atoms with E-state index in [1.807, 2.05) is 12.1 Å². The Hall–Kier alpha value is -0.930. The first-order valence-electron chi connectivity index (χ1n) is 4.46. The Morgan fingerprint density at radius 1 is 1.31 bits per heavy atom. The molecule has 1 aromatic rings. The first kappa shape index (κ1) is 8.66. The van der Waals surface area contributed by atoms with Crippen LogP contribution in [0.15, 0.2) is 24.3 Å². The molecule has 0 unspecified atom stereocenters. The van der Waals surface area contributed by atoms with Crippen molar-refractivity contribution in [2.24, 2.45) is 5.73 Å². The summed E-state index contributed by atoms with van der Waals surface area (Å²) in [5.41, 5.74) is 6.79. The molecule has 0 spiro atoms. The quantitative estimate of drug-likeness (QED) is 0.734. The standard InChI is InChI=1S/C10H13FN2/c11-9-3-1-8(2-4-9)5-13-6-10(12)7-13/h1-4,10H,5-7,12H2. The molecule has 3 heteroatoms. The first-order valence-corrected chi connectivity index (χ1v) is 4.46. The molecule has 70 valence electrons. The molecule has 0 bridgehead atoms. The van der Waals surface area contributed by atoms with Crippen molar-refractivity contribution in [2.45, 2.75) is 12.6 Å². The fourth-order valence-electron chi connectivity index (χ4n) is 1.59. The summed E-state index contributed by atoms with van der Waals surface area (Å²) in [4.78, 5) is 2.25. The lowest BCUT2D eigenvalue weighted by molar-refractivity contribution is 0.142. The second-order valence-electron chi connectivity index (χ2n) is 3.58. The number of nitrogens with zero attached hydrogens (tertiary/aromatic N) is 1. The topological polar surface area (TPSA) is 29.3 Å². The van der Waals surface area contributed by atoms with Crippen LogP contribution in [-0.2, 0) is 6.54 Å². The molecule has 0 radical (unpaired) electrons. The molecule has 2 rings (SSSR count). The summed E-state index contributed by atoms with van der Waals surface area (Å²) < 4.78 is 12.5. The highest BCUT2D eigenvalue weighted by Crippen LogP contribution is 2.11. The molecule has 0 amide bonds. The van der Waals surface area contributed by atoms with E-state index in [4.69, 9.17) is 5.73 Å². The molecule has 1 saturated heterocycles. The minimum Gasteiger partial charge on any atom is -0.325 e. The maximum absolute atomic E-state index is 12.5. The lowest BCUT2D eigenvalue weighted by Crippen LogP contribution is -2.54. The van der Waals surface area contributed by atoms with E-state index in [0.29, 0.717) is 6.04 Å². The maximum Gasteiger partial charge on any atom is 0.123 e. The number of hydrogen-bond donors (Lipinski definition) is 1. The van der Waals surface area contributed by atoms with Gasteiger partial charge in [-0.05, 0) is 17.7 Å². The van der Waals surface area contributed by atoms with Crippen molar-refractivity contribution >= 4 is 0 Å². The third-order valence-electron chi connectivity index (χ3n) is 2.30. The smallest absolute Gasteiger partial charge is 0.123 e. The number of nitrogens with two attached hydrogens (primary N) is 1. The van der Waals surface area contributed by atoms with Crippen LogP contribution in [0.4, 0.5) is 4.39 Å². The highest BCUT2D eigenvalue weighted by Gasteiger charge is 2.22. The van der Waals surface area contributed by atoms with Gasteiger partial charge in [0.2, 0.25) is 0 Å². The Kier molecular flexibility index (Phi) is 2.29. The first-order chi connectivity index (χ1) is 6.24.